The summed E-state index contributed by atoms with van der Waals surface area (Å²) in [4.78, 5) is 27.2. The average molecular weight is 254 g/mol. The second-order valence-electron chi connectivity index (χ2n) is 5.13. The van der Waals surface area contributed by atoms with E-state index in [-0.39, 0.29) is 24.1 Å². The van der Waals surface area contributed by atoms with E-state index in [4.69, 9.17) is 4.74 Å². The largest absolute Gasteiger partial charge is 0.441 e. The Labute approximate surface area is 108 Å². The number of nitrogens with zero attached hydrogens (tertiary/aromatic N) is 2. The Hall–Kier alpha value is -1.26. The molecule has 0 aromatic heterocycles. The van der Waals surface area contributed by atoms with Crippen molar-refractivity contribution in [2.24, 2.45) is 5.92 Å². The second kappa shape index (κ2) is 5.59. The highest BCUT2D eigenvalue weighted by Crippen LogP contribution is 2.27. The molecule has 18 heavy (non-hydrogen) atoms. The maximum absolute atomic E-state index is 11.9. The first-order valence-electron chi connectivity index (χ1n) is 6.85. The van der Waals surface area contributed by atoms with E-state index in [1.165, 1.54) is 0 Å². The van der Waals surface area contributed by atoms with Crippen molar-refractivity contribution < 1.29 is 14.3 Å². The first-order chi connectivity index (χ1) is 8.63. The number of carbonyl (C=O) groups excluding carboxylic acids is 2. The van der Waals surface area contributed by atoms with Crippen LogP contribution in [-0.2, 0) is 9.53 Å². The third-order valence-electron chi connectivity index (χ3n) is 3.97. The Morgan fingerprint density at radius 3 is 2.61 bits per heavy atom. The molecule has 2 amide bonds. The summed E-state index contributed by atoms with van der Waals surface area (Å²) >= 11 is 0. The number of urea groups is 1. The van der Waals surface area contributed by atoms with Gasteiger partial charge in [0.15, 0.2) is 6.23 Å². The number of hydrogen-bond acceptors (Lipinski definition) is 3. The van der Waals surface area contributed by atoms with Crippen molar-refractivity contribution in [1.29, 1.82) is 0 Å². The molecule has 1 saturated carbocycles. The molecule has 1 atom stereocenters. The summed E-state index contributed by atoms with van der Waals surface area (Å²) in [6.07, 6.45) is 4.42. The van der Waals surface area contributed by atoms with Gasteiger partial charge in [0.2, 0.25) is 0 Å². The molecule has 2 aliphatic rings. The molecule has 2 fully saturated rings. The zero-order valence-corrected chi connectivity index (χ0v) is 11.2. The van der Waals surface area contributed by atoms with Crippen LogP contribution in [0.5, 0.6) is 0 Å². The molecule has 5 nitrogen and oxygen atoms in total. The maximum Gasteiger partial charge on any atom is 0.322 e. The lowest BCUT2D eigenvalue weighted by atomic mass is 10.1. The van der Waals surface area contributed by atoms with Crippen molar-refractivity contribution in [3.8, 4) is 0 Å². The normalized spacial score (nSPS) is 25.7. The van der Waals surface area contributed by atoms with Crippen LogP contribution in [0.4, 0.5) is 4.79 Å². The molecular formula is C13H22N2O3. The molecule has 102 valence electrons. The van der Waals surface area contributed by atoms with Crippen molar-refractivity contribution in [3.05, 3.63) is 0 Å². The summed E-state index contributed by atoms with van der Waals surface area (Å²) in [5.74, 6) is -0.0696. The monoisotopic (exact) mass is 254 g/mol. The fourth-order valence-electron chi connectivity index (χ4n) is 2.72. The van der Waals surface area contributed by atoms with Crippen LogP contribution in [0.2, 0.25) is 0 Å². The van der Waals surface area contributed by atoms with E-state index in [2.05, 4.69) is 0 Å². The molecule has 0 N–H and O–H groups in total. The minimum Gasteiger partial charge on any atom is -0.441 e. The fraction of sp³-hybridized carbons (Fsp3) is 0.846. The van der Waals surface area contributed by atoms with Crippen molar-refractivity contribution in [1.82, 2.24) is 9.80 Å². The Balaban J connectivity index is 1.89. The van der Waals surface area contributed by atoms with E-state index in [1.54, 1.807) is 16.8 Å². The minimum atomic E-state index is -0.381. The van der Waals surface area contributed by atoms with Crippen LogP contribution in [-0.4, -0.2) is 48.2 Å². The van der Waals surface area contributed by atoms with Gasteiger partial charge < -0.3 is 9.64 Å². The zero-order chi connectivity index (χ0) is 13.1. The Morgan fingerprint density at radius 2 is 2.00 bits per heavy atom. The molecular weight excluding hydrogens is 232 g/mol. The van der Waals surface area contributed by atoms with Crippen LogP contribution in [0.15, 0.2) is 0 Å². The highest BCUT2D eigenvalue weighted by atomic mass is 16.6. The summed E-state index contributed by atoms with van der Waals surface area (Å²) in [5, 5.41) is 0. The van der Waals surface area contributed by atoms with Gasteiger partial charge >= 0.3 is 12.0 Å². The third-order valence-corrected chi connectivity index (χ3v) is 3.97. The Bertz CT molecular complexity index is 326. The lowest BCUT2D eigenvalue weighted by Crippen LogP contribution is -2.54. The van der Waals surface area contributed by atoms with Gasteiger partial charge in [-0.25, -0.2) is 4.79 Å². The molecule has 1 unspecified atom stereocenters. The lowest BCUT2D eigenvalue weighted by Gasteiger charge is -2.38. The van der Waals surface area contributed by atoms with Crippen LogP contribution in [0.25, 0.3) is 0 Å². The number of rotatable bonds is 3. The molecule has 0 aromatic rings. The Morgan fingerprint density at radius 1 is 1.33 bits per heavy atom. The van der Waals surface area contributed by atoms with Crippen LogP contribution in [0.3, 0.4) is 0 Å². The summed E-state index contributed by atoms with van der Waals surface area (Å²) < 4.78 is 5.49. The molecule has 0 bridgehead atoms. The van der Waals surface area contributed by atoms with Crippen LogP contribution < -0.4 is 0 Å². The summed E-state index contributed by atoms with van der Waals surface area (Å²) in [7, 11) is 1.71. The minimum absolute atomic E-state index is 0.0482. The summed E-state index contributed by atoms with van der Waals surface area (Å²) in [6.45, 7) is 3.32. The van der Waals surface area contributed by atoms with Crippen molar-refractivity contribution in [2.75, 3.05) is 20.1 Å². The van der Waals surface area contributed by atoms with Gasteiger partial charge in [-0.15, -0.1) is 0 Å². The highest BCUT2D eigenvalue weighted by Gasteiger charge is 2.34. The SMILES string of the molecule is CCN1CCC(OC(=O)C2CCCC2)N(C)C1=O. The predicted octanol–water partition coefficient (Wildman–Crippen LogP) is 1.82. The van der Waals surface area contributed by atoms with Gasteiger partial charge in [0, 0.05) is 26.6 Å². The van der Waals surface area contributed by atoms with Gasteiger partial charge in [-0.3, -0.25) is 9.69 Å². The van der Waals surface area contributed by atoms with Crippen molar-refractivity contribution >= 4 is 12.0 Å². The first kappa shape index (κ1) is 13.2. The van der Waals surface area contributed by atoms with Gasteiger partial charge in [-0.1, -0.05) is 12.8 Å². The third kappa shape index (κ3) is 2.60. The number of ether oxygens (including phenoxy) is 1. The zero-order valence-electron chi connectivity index (χ0n) is 11.2. The van der Waals surface area contributed by atoms with E-state index in [9.17, 15) is 9.59 Å². The van der Waals surface area contributed by atoms with Gasteiger partial charge in [0.05, 0.1) is 5.92 Å². The van der Waals surface area contributed by atoms with Crippen LogP contribution in [0, 0.1) is 5.92 Å². The predicted molar refractivity (Wildman–Crippen MR) is 66.9 cm³/mol. The van der Waals surface area contributed by atoms with Gasteiger partial charge in [0.25, 0.3) is 0 Å². The molecule has 1 saturated heterocycles. The van der Waals surface area contributed by atoms with Crippen molar-refractivity contribution in [2.45, 2.75) is 45.3 Å². The fourth-order valence-corrected chi connectivity index (χ4v) is 2.72. The second-order valence-corrected chi connectivity index (χ2v) is 5.13. The number of carbonyl (C=O) groups is 2. The van der Waals surface area contributed by atoms with E-state index >= 15 is 0 Å². The molecule has 2 rings (SSSR count). The molecule has 5 heteroatoms. The van der Waals surface area contributed by atoms with E-state index in [1.807, 2.05) is 6.92 Å². The molecule has 1 aliphatic heterocycles. The van der Waals surface area contributed by atoms with Gasteiger partial charge in [-0.2, -0.15) is 0 Å². The van der Waals surface area contributed by atoms with E-state index in [0.29, 0.717) is 19.5 Å². The maximum atomic E-state index is 11.9. The standard InChI is InChI=1S/C13H22N2O3/c1-3-15-9-8-11(14(2)13(15)17)18-12(16)10-6-4-5-7-10/h10-11H,3-9H2,1-2H3. The van der Waals surface area contributed by atoms with E-state index in [0.717, 1.165) is 25.7 Å². The quantitative estimate of drug-likeness (QED) is 0.722. The van der Waals surface area contributed by atoms with Gasteiger partial charge in [0.1, 0.15) is 0 Å². The van der Waals surface area contributed by atoms with E-state index < -0.39 is 0 Å². The lowest BCUT2D eigenvalue weighted by molar-refractivity contribution is -0.163. The first-order valence-corrected chi connectivity index (χ1v) is 6.85. The van der Waals surface area contributed by atoms with Crippen molar-refractivity contribution in [3.63, 3.8) is 0 Å². The molecule has 0 radical (unpaired) electrons. The molecule has 1 aliphatic carbocycles. The highest BCUT2D eigenvalue weighted by molar-refractivity contribution is 5.76. The summed E-state index contributed by atoms with van der Waals surface area (Å²) in [6, 6.07) is -0.0482. The summed E-state index contributed by atoms with van der Waals surface area (Å²) in [5.41, 5.74) is 0. The average Bonchev–Trinajstić information content (AvgIpc) is 2.89. The Kier molecular flexibility index (Phi) is 4.09. The smallest absolute Gasteiger partial charge is 0.322 e. The molecule has 0 spiro atoms. The van der Waals surface area contributed by atoms with Gasteiger partial charge in [-0.05, 0) is 19.8 Å². The van der Waals surface area contributed by atoms with Crippen LogP contribution >= 0.6 is 0 Å². The molecule has 0 aromatic carbocycles. The molecule has 1 heterocycles. The number of hydrogen-bond donors (Lipinski definition) is 0. The number of amides is 2. The number of esters is 1. The topological polar surface area (TPSA) is 49.9 Å². The van der Waals surface area contributed by atoms with Crippen LogP contribution in [0.1, 0.15) is 39.0 Å².